The molecular formula is C22H30F2O5. The SMILES string of the molecule is OC(O)CCC/C=C\C[C@@H]1[C@@H](/C=C/C(F)(F)COc2ccccc2)[C@H](O)C[C@@H]1O. The van der Waals surface area contributed by atoms with Gasteiger partial charge in [0.2, 0.25) is 0 Å². The maximum absolute atomic E-state index is 14.2. The first kappa shape index (κ1) is 23.5. The Morgan fingerprint density at radius 1 is 1.10 bits per heavy atom. The number of benzene rings is 1. The van der Waals surface area contributed by atoms with E-state index in [1.54, 1.807) is 30.3 Å². The van der Waals surface area contributed by atoms with Crippen LogP contribution in [0.15, 0.2) is 54.6 Å². The van der Waals surface area contributed by atoms with Crippen molar-refractivity contribution in [2.24, 2.45) is 11.8 Å². The Kier molecular flexibility index (Phi) is 9.23. The number of para-hydroxylation sites is 1. The first-order chi connectivity index (χ1) is 13.8. The van der Waals surface area contributed by atoms with E-state index in [9.17, 15) is 19.0 Å². The van der Waals surface area contributed by atoms with E-state index in [1.807, 2.05) is 12.2 Å². The van der Waals surface area contributed by atoms with E-state index in [0.29, 0.717) is 25.0 Å². The summed E-state index contributed by atoms with van der Waals surface area (Å²) in [6.45, 7) is -0.805. The van der Waals surface area contributed by atoms with E-state index in [4.69, 9.17) is 14.9 Å². The predicted octanol–water partition coefficient (Wildman–Crippen LogP) is 3.04. The smallest absolute Gasteiger partial charge is 0.299 e. The molecule has 1 aromatic carbocycles. The van der Waals surface area contributed by atoms with Gasteiger partial charge in [-0.25, -0.2) is 0 Å². The van der Waals surface area contributed by atoms with Crippen LogP contribution in [0.25, 0.3) is 0 Å². The van der Waals surface area contributed by atoms with Crippen molar-refractivity contribution in [3.8, 4) is 5.75 Å². The molecule has 1 aliphatic carbocycles. The number of aliphatic hydroxyl groups is 4. The zero-order chi connectivity index (χ0) is 21.3. The molecule has 1 saturated carbocycles. The lowest BCUT2D eigenvalue weighted by Gasteiger charge is -2.20. The lowest BCUT2D eigenvalue weighted by molar-refractivity contribution is -0.0460. The van der Waals surface area contributed by atoms with Crippen molar-refractivity contribution in [1.82, 2.24) is 0 Å². The van der Waals surface area contributed by atoms with Gasteiger partial charge in [0.25, 0.3) is 5.92 Å². The Balaban J connectivity index is 1.88. The Labute approximate surface area is 170 Å². The molecule has 0 spiro atoms. The van der Waals surface area contributed by atoms with Gasteiger partial charge in [-0.15, -0.1) is 0 Å². The number of allylic oxidation sites excluding steroid dienone is 2. The third-order valence-electron chi connectivity index (χ3n) is 5.06. The first-order valence-corrected chi connectivity index (χ1v) is 9.91. The Bertz CT molecular complexity index is 648. The topological polar surface area (TPSA) is 90.2 Å². The van der Waals surface area contributed by atoms with Gasteiger partial charge in [-0.2, -0.15) is 8.78 Å². The van der Waals surface area contributed by atoms with Crippen molar-refractivity contribution in [1.29, 1.82) is 0 Å². The fraction of sp³-hybridized carbons (Fsp3) is 0.545. The molecular weight excluding hydrogens is 382 g/mol. The Morgan fingerprint density at radius 3 is 2.52 bits per heavy atom. The van der Waals surface area contributed by atoms with Crippen LogP contribution >= 0.6 is 0 Å². The number of aliphatic hydroxyl groups excluding tert-OH is 3. The number of hydrogen-bond donors (Lipinski definition) is 4. The van der Waals surface area contributed by atoms with Crippen LogP contribution in [0.3, 0.4) is 0 Å². The van der Waals surface area contributed by atoms with E-state index in [0.717, 1.165) is 6.08 Å². The summed E-state index contributed by atoms with van der Waals surface area (Å²) in [5.74, 6) is -3.77. The largest absolute Gasteiger partial charge is 0.487 e. The molecule has 0 amide bonds. The minimum atomic E-state index is -3.20. The van der Waals surface area contributed by atoms with Crippen LogP contribution in [-0.2, 0) is 0 Å². The van der Waals surface area contributed by atoms with Gasteiger partial charge in [0, 0.05) is 12.3 Å². The Hall–Kier alpha value is -1.80. The second-order valence-electron chi connectivity index (χ2n) is 7.45. The van der Waals surface area contributed by atoms with Gasteiger partial charge in [-0.05, 0) is 49.8 Å². The minimum Gasteiger partial charge on any atom is -0.487 e. The molecule has 4 N–H and O–H groups in total. The second kappa shape index (κ2) is 11.4. The zero-order valence-corrected chi connectivity index (χ0v) is 16.3. The monoisotopic (exact) mass is 412 g/mol. The minimum absolute atomic E-state index is 0.149. The number of unbranched alkanes of at least 4 members (excludes halogenated alkanes) is 1. The molecule has 0 bridgehead atoms. The van der Waals surface area contributed by atoms with Crippen LogP contribution in [0.4, 0.5) is 8.78 Å². The zero-order valence-electron chi connectivity index (χ0n) is 16.3. The number of halogens is 2. The molecule has 7 heteroatoms. The highest BCUT2D eigenvalue weighted by atomic mass is 19.3. The summed E-state index contributed by atoms with van der Waals surface area (Å²) in [5, 5.41) is 38.0. The quantitative estimate of drug-likeness (QED) is 0.255. The summed E-state index contributed by atoms with van der Waals surface area (Å²) in [4.78, 5) is 0. The molecule has 2 rings (SSSR count). The van der Waals surface area contributed by atoms with Gasteiger partial charge < -0.3 is 25.2 Å². The van der Waals surface area contributed by atoms with Gasteiger partial charge in [0.15, 0.2) is 12.9 Å². The van der Waals surface area contributed by atoms with Crippen molar-refractivity contribution >= 4 is 0 Å². The van der Waals surface area contributed by atoms with Crippen LogP contribution in [0.2, 0.25) is 0 Å². The van der Waals surface area contributed by atoms with Crippen molar-refractivity contribution < 1.29 is 33.9 Å². The molecule has 1 aromatic rings. The lowest BCUT2D eigenvalue weighted by Crippen LogP contribution is -2.25. The van der Waals surface area contributed by atoms with Crippen LogP contribution in [0.1, 0.15) is 32.1 Å². The highest BCUT2D eigenvalue weighted by Gasteiger charge is 2.40. The van der Waals surface area contributed by atoms with Crippen molar-refractivity contribution in [3.05, 3.63) is 54.6 Å². The third kappa shape index (κ3) is 8.22. The van der Waals surface area contributed by atoms with Gasteiger partial charge in [0.1, 0.15) is 5.75 Å². The third-order valence-corrected chi connectivity index (χ3v) is 5.06. The molecule has 0 radical (unpaired) electrons. The lowest BCUT2D eigenvalue weighted by atomic mass is 9.89. The Morgan fingerprint density at radius 2 is 1.83 bits per heavy atom. The molecule has 162 valence electrons. The second-order valence-corrected chi connectivity index (χ2v) is 7.45. The molecule has 0 heterocycles. The van der Waals surface area contributed by atoms with E-state index in [1.165, 1.54) is 6.08 Å². The molecule has 1 fully saturated rings. The van der Waals surface area contributed by atoms with E-state index >= 15 is 0 Å². The number of alkyl halides is 2. The van der Waals surface area contributed by atoms with Crippen molar-refractivity contribution in [2.45, 2.75) is 56.5 Å². The van der Waals surface area contributed by atoms with E-state index < -0.39 is 36.9 Å². The highest BCUT2D eigenvalue weighted by Crippen LogP contribution is 2.37. The normalized spacial score (nSPS) is 25.5. The molecule has 0 aromatic heterocycles. The van der Waals surface area contributed by atoms with Crippen molar-refractivity contribution in [2.75, 3.05) is 6.61 Å². The average molecular weight is 412 g/mol. The summed E-state index contributed by atoms with van der Waals surface area (Å²) in [5.41, 5.74) is 0. The summed E-state index contributed by atoms with van der Waals surface area (Å²) in [7, 11) is 0. The molecule has 4 atom stereocenters. The van der Waals surface area contributed by atoms with Crippen molar-refractivity contribution in [3.63, 3.8) is 0 Å². The van der Waals surface area contributed by atoms with Crippen LogP contribution < -0.4 is 4.74 Å². The molecule has 5 nitrogen and oxygen atoms in total. The van der Waals surface area contributed by atoms with Crippen LogP contribution in [0, 0.1) is 11.8 Å². The summed E-state index contributed by atoms with van der Waals surface area (Å²) in [6, 6.07) is 8.36. The van der Waals surface area contributed by atoms with Gasteiger partial charge in [0.05, 0.1) is 12.2 Å². The van der Waals surface area contributed by atoms with E-state index in [2.05, 4.69) is 0 Å². The average Bonchev–Trinajstić information content (AvgIpc) is 2.94. The molecule has 0 saturated heterocycles. The van der Waals surface area contributed by atoms with E-state index in [-0.39, 0.29) is 18.8 Å². The first-order valence-electron chi connectivity index (χ1n) is 9.91. The molecule has 29 heavy (non-hydrogen) atoms. The highest BCUT2D eigenvalue weighted by molar-refractivity contribution is 5.21. The molecule has 0 unspecified atom stereocenters. The predicted molar refractivity (Wildman–Crippen MR) is 105 cm³/mol. The van der Waals surface area contributed by atoms with Gasteiger partial charge >= 0.3 is 0 Å². The summed E-state index contributed by atoms with van der Waals surface area (Å²) in [6.07, 6.45) is 4.91. The fourth-order valence-corrected chi connectivity index (χ4v) is 3.49. The fourth-order valence-electron chi connectivity index (χ4n) is 3.49. The van der Waals surface area contributed by atoms with Crippen LogP contribution in [0.5, 0.6) is 5.75 Å². The maximum atomic E-state index is 14.2. The van der Waals surface area contributed by atoms with Gasteiger partial charge in [-0.1, -0.05) is 36.4 Å². The number of rotatable bonds is 11. The standard InChI is InChI=1S/C22H30F2O5/c23-22(24,15-29-16-8-4-3-5-9-16)13-12-18-17(19(25)14-20(18)26)10-6-1-2-7-11-21(27)28/h1,3-6,8-9,12-13,17-21,25-28H,2,7,10-11,14-15H2/b6-1-,13-12+/t17-,18-,19+,20-/m1/s1. The molecule has 1 aliphatic rings. The number of ether oxygens (including phenoxy) is 1. The van der Waals surface area contributed by atoms with Crippen LogP contribution in [-0.4, -0.2) is 51.5 Å². The molecule has 0 aliphatic heterocycles. The maximum Gasteiger partial charge on any atom is 0.299 e. The summed E-state index contributed by atoms with van der Waals surface area (Å²) >= 11 is 0. The summed E-state index contributed by atoms with van der Waals surface area (Å²) < 4.78 is 33.4. The van der Waals surface area contributed by atoms with Gasteiger partial charge in [-0.3, -0.25) is 0 Å². The number of hydrogen-bond acceptors (Lipinski definition) is 5.